The molecule has 0 saturated carbocycles. The van der Waals surface area contributed by atoms with Crippen LogP contribution in [0.1, 0.15) is 12.0 Å². The molecule has 3 rings (SSSR count). The second-order valence-corrected chi connectivity index (χ2v) is 5.87. The third-order valence-corrected chi connectivity index (χ3v) is 4.22. The number of halogens is 1. The van der Waals surface area contributed by atoms with Crippen molar-refractivity contribution in [3.63, 3.8) is 0 Å². The summed E-state index contributed by atoms with van der Waals surface area (Å²) in [6.45, 7) is 1.39. The van der Waals surface area contributed by atoms with Crippen LogP contribution in [0.25, 0.3) is 0 Å². The number of para-hydroxylation sites is 1. The molecular weight excluding hydrogens is 298 g/mol. The van der Waals surface area contributed by atoms with E-state index in [2.05, 4.69) is 0 Å². The minimum atomic E-state index is 0.190. The van der Waals surface area contributed by atoms with Crippen molar-refractivity contribution in [1.82, 2.24) is 4.90 Å². The van der Waals surface area contributed by atoms with Crippen LogP contribution < -0.4 is 4.74 Å². The van der Waals surface area contributed by atoms with Gasteiger partial charge in [-0.05, 0) is 35.7 Å². The molecule has 0 aromatic heterocycles. The van der Waals surface area contributed by atoms with E-state index >= 15 is 0 Å². The van der Waals surface area contributed by atoms with Crippen molar-refractivity contribution < 1.29 is 9.53 Å². The fourth-order valence-corrected chi connectivity index (χ4v) is 2.82. The Kier molecular flexibility index (Phi) is 4.64. The number of nitrogens with zero attached hydrogens (tertiary/aromatic N) is 1. The zero-order chi connectivity index (χ0) is 15.4. The Bertz CT molecular complexity index is 627. The molecule has 22 heavy (non-hydrogen) atoms. The van der Waals surface area contributed by atoms with E-state index in [-0.39, 0.29) is 11.8 Å². The molecule has 1 fully saturated rings. The van der Waals surface area contributed by atoms with E-state index in [0.717, 1.165) is 23.6 Å². The average molecular weight is 316 g/mol. The van der Waals surface area contributed by atoms with Gasteiger partial charge in [0, 0.05) is 25.4 Å². The van der Waals surface area contributed by atoms with E-state index < -0.39 is 0 Å². The summed E-state index contributed by atoms with van der Waals surface area (Å²) in [5.74, 6) is 2.63. The number of ether oxygens (including phenoxy) is 1. The Labute approximate surface area is 135 Å². The van der Waals surface area contributed by atoms with Crippen molar-refractivity contribution in [1.29, 1.82) is 0 Å². The smallest absolute Gasteiger partial charge is 0.223 e. The van der Waals surface area contributed by atoms with E-state index in [1.165, 1.54) is 0 Å². The second kappa shape index (κ2) is 6.84. The highest BCUT2D eigenvalue weighted by Gasteiger charge is 2.28. The predicted molar refractivity (Wildman–Crippen MR) is 87.2 cm³/mol. The Hall–Kier alpha value is -2.00. The molecule has 1 saturated heterocycles. The third-order valence-electron chi connectivity index (χ3n) is 3.79. The monoisotopic (exact) mass is 315 g/mol. The Morgan fingerprint density at radius 2 is 1.73 bits per heavy atom. The van der Waals surface area contributed by atoms with Crippen LogP contribution >= 0.6 is 11.6 Å². The fourth-order valence-electron chi connectivity index (χ4n) is 2.62. The highest BCUT2D eigenvalue weighted by molar-refractivity contribution is 6.18. The number of alkyl halides is 1. The van der Waals surface area contributed by atoms with Gasteiger partial charge in [0.05, 0.1) is 0 Å². The van der Waals surface area contributed by atoms with Gasteiger partial charge in [-0.2, -0.15) is 0 Å². The first-order valence-corrected chi connectivity index (χ1v) is 7.93. The molecule has 2 aromatic rings. The molecule has 0 spiro atoms. The SMILES string of the molecule is O=C1CC(CCl)CN1Cc1ccc(Oc2ccccc2)cc1. The van der Waals surface area contributed by atoms with Crippen LogP contribution in [0.5, 0.6) is 11.5 Å². The summed E-state index contributed by atoms with van der Waals surface area (Å²) in [6, 6.07) is 17.5. The van der Waals surface area contributed by atoms with E-state index in [1.807, 2.05) is 59.5 Å². The first-order valence-electron chi connectivity index (χ1n) is 7.40. The lowest BCUT2D eigenvalue weighted by Crippen LogP contribution is -2.24. The number of carbonyl (C=O) groups excluding carboxylic acids is 1. The molecule has 0 bridgehead atoms. The Morgan fingerprint density at radius 1 is 1.05 bits per heavy atom. The lowest BCUT2D eigenvalue weighted by atomic mass is 10.1. The molecule has 3 nitrogen and oxygen atoms in total. The summed E-state index contributed by atoms with van der Waals surface area (Å²) in [7, 11) is 0. The fraction of sp³-hybridized carbons (Fsp3) is 0.278. The summed E-state index contributed by atoms with van der Waals surface area (Å²) >= 11 is 5.84. The molecule has 0 aliphatic carbocycles. The highest BCUT2D eigenvalue weighted by Crippen LogP contribution is 2.24. The maximum Gasteiger partial charge on any atom is 0.223 e. The number of rotatable bonds is 5. The summed E-state index contributed by atoms with van der Waals surface area (Å²) in [6.07, 6.45) is 0.568. The third kappa shape index (κ3) is 3.60. The highest BCUT2D eigenvalue weighted by atomic mass is 35.5. The van der Waals surface area contributed by atoms with Crippen LogP contribution in [-0.2, 0) is 11.3 Å². The van der Waals surface area contributed by atoms with Crippen molar-refractivity contribution in [3.8, 4) is 11.5 Å². The lowest BCUT2D eigenvalue weighted by molar-refractivity contribution is -0.128. The second-order valence-electron chi connectivity index (χ2n) is 5.56. The van der Waals surface area contributed by atoms with Gasteiger partial charge in [0.15, 0.2) is 0 Å². The van der Waals surface area contributed by atoms with Crippen molar-refractivity contribution in [2.45, 2.75) is 13.0 Å². The number of carbonyl (C=O) groups is 1. The van der Waals surface area contributed by atoms with Crippen molar-refractivity contribution in [2.24, 2.45) is 5.92 Å². The normalized spacial score (nSPS) is 17.8. The molecule has 0 radical (unpaired) electrons. The zero-order valence-electron chi connectivity index (χ0n) is 12.2. The zero-order valence-corrected chi connectivity index (χ0v) is 13.0. The molecule has 1 aliphatic heterocycles. The first kappa shape index (κ1) is 14.9. The molecule has 1 heterocycles. The molecule has 114 valence electrons. The van der Waals surface area contributed by atoms with Gasteiger partial charge in [0.25, 0.3) is 0 Å². The molecule has 1 unspecified atom stereocenters. The number of amides is 1. The van der Waals surface area contributed by atoms with Gasteiger partial charge >= 0.3 is 0 Å². The molecule has 2 aromatic carbocycles. The van der Waals surface area contributed by atoms with E-state index in [4.69, 9.17) is 16.3 Å². The topological polar surface area (TPSA) is 29.5 Å². The van der Waals surface area contributed by atoms with Crippen LogP contribution in [0.3, 0.4) is 0 Å². The van der Waals surface area contributed by atoms with Gasteiger partial charge in [-0.15, -0.1) is 11.6 Å². The van der Waals surface area contributed by atoms with Crippen molar-refractivity contribution in [2.75, 3.05) is 12.4 Å². The molecular formula is C18H18ClNO2. The maximum absolute atomic E-state index is 11.9. The summed E-state index contributed by atoms with van der Waals surface area (Å²) in [5.41, 5.74) is 1.10. The largest absolute Gasteiger partial charge is 0.457 e. The van der Waals surface area contributed by atoms with E-state index in [9.17, 15) is 4.79 Å². The van der Waals surface area contributed by atoms with Crippen LogP contribution in [-0.4, -0.2) is 23.2 Å². The molecule has 0 N–H and O–H groups in total. The van der Waals surface area contributed by atoms with Gasteiger partial charge in [-0.25, -0.2) is 0 Å². The number of benzene rings is 2. The average Bonchev–Trinajstić information content (AvgIpc) is 2.90. The van der Waals surface area contributed by atoms with Crippen LogP contribution in [0, 0.1) is 5.92 Å². The van der Waals surface area contributed by atoms with Gasteiger partial charge in [0.1, 0.15) is 11.5 Å². The molecule has 1 aliphatic rings. The number of hydrogen-bond donors (Lipinski definition) is 0. The lowest BCUT2D eigenvalue weighted by Gasteiger charge is -2.16. The van der Waals surface area contributed by atoms with Gasteiger partial charge in [0.2, 0.25) is 5.91 Å². The van der Waals surface area contributed by atoms with Gasteiger partial charge < -0.3 is 9.64 Å². The van der Waals surface area contributed by atoms with Crippen LogP contribution in [0.4, 0.5) is 0 Å². The number of likely N-dealkylation sites (tertiary alicyclic amines) is 1. The molecule has 1 atom stereocenters. The van der Waals surface area contributed by atoms with E-state index in [0.29, 0.717) is 18.8 Å². The standard InChI is InChI=1S/C18H18ClNO2/c19-11-15-10-18(21)20(13-15)12-14-6-8-17(9-7-14)22-16-4-2-1-3-5-16/h1-9,15H,10-13H2. The predicted octanol–water partition coefficient (Wildman–Crippen LogP) is 4.07. The summed E-state index contributed by atoms with van der Waals surface area (Å²) in [5, 5.41) is 0. The number of hydrogen-bond acceptors (Lipinski definition) is 2. The quantitative estimate of drug-likeness (QED) is 0.779. The summed E-state index contributed by atoms with van der Waals surface area (Å²) < 4.78 is 5.76. The maximum atomic E-state index is 11.9. The van der Waals surface area contributed by atoms with Crippen LogP contribution in [0.2, 0.25) is 0 Å². The molecule has 4 heteroatoms. The van der Waals surface area contributed by atoms with E-state index in [1.54, 1.807) is 0 Å². The minimum absolute atomic E-state index is 0.190. The van der Waals surface area contributed by atoms with Crippen molar-refractivity contribution >= 4 is 17.5 Å². The molecule has 1 amide bonds. The van der Waals surface area contributed by atoms with Crippen LogP contribution in [0.15, 0.2) is 54.6 Å². The minimum Gasteiger partial charge on any atom is -0.457 e. The van der Waals surface area contributed by atoms with Gasteiger partial charge in [-0.3, -0.25) is 4.79 Å². The Morgan fingerprint density at radius 3 is 2.36 bits per heavy atom. The first-order chi connectivity index (χ1) is 10.7. The van der Waals surface area contributed by atoms with Gasteiger partial charge in [-0.1, -0.05) is 30.3 Å². The Balaban J connectivity index is 1.61. The van der Waals surface area contributed by atoms with Crippen molar-refractivity contribution in [3.05, 3.63) is 60.2 Å². The summed E-state index contributed by atoms with van der Waals surface area (Å²) in [4.78, 5) is 13.8.